The van der Waals surface area contributed by atoms with Crippen LogP contribution >= 0.6 is 11.3 Å². The smallest absolute Gasteiger partial charge is 0.225 e. The van der Waals surface area contributed by atoms with E-state index in [2.05, 4.69) is 10.2 Å². The van der Waals surface area contributed by atoms with Crippen LogP contribution in [-0.2, 0) is 11.3 Å². The summed E-state index contributed by atoms with van der Waals surface area (Å²) in [7, 11) is 3.30. The molecule has 35 heavy (non-hydrogen) atoms. The molecule has 1 aliphatic rings. The quantitative estimate of drug-likeness (QED) is 0.414. The van der Waals surface area contributed by atoms with Crippen molar-refractivity contribution in [3.8, 4) is 17.2 Å². The molecular weight excluding hydrogens is 462 g/mol. The molecule has 0 saturated carbocycles. The van der Waals surface area contributed by atoms with Crippen LogP contribution in [-0.4, -0.2) is 48.0 Å². The summed E-state index contributed by atoms with van der Waals surface area (Å²) in [6, 6.07) is 15.6. The normalized spacial score (nSPS) is 15.9. The summed E-state index contributed by atoms with van der Waals surface area (Å²) in [5, 5.41) is 8.74. The first-order valence-corrected chi connectivity index (χ1v) is 12.5. The lowest BCUT2D eigenvalue weighted by Gasteiger charge is -2.31. The Hall–Kier alpha value is -3.59. The van der Waals surface area contributed by atoms with Crippen molar-refractivity contribution in [1.29, 1.82) is 0 Å². The molecule has 182 valence electrons. The molecule has 0 spiro atoms. The summed E-state index contributed by atoms with van der Waals surface area (Å²) in [5.74, 6) is 1.61. The van der Waals surface area contributed by atoms with E-state index in [-0.39, 0.29) is 11.8 Å². The number of fused-ring (bicyclic) bond motifs is 1. The van der Waals surface area contributed by atoms with Gasteiger partial charge in [0.05, 0.1) is 36.2 Å². The third-order valence-electron chi connectivity index (χ3n) is 6.36. The first-order valence-electron chi connectivity index (χ1n) is 11.7. The van der Waals surface area contributed by atoms with Crippen LogP contribution in [0.15, 0.2) is 48.5 Å². The van der Waals surface area contributed by atoms with Crippen molar-refractivity contribution in [1.82, 2.24) is 20.1 Å². The van der Waals surface area contributed by atoms with Gasteiger partial charge in [0, 0.05) is 19.6 Å². The maximum atomic E-state index is 13.0. The number of anilines is 1. The largest absolute Gasteiger partial charge is 0.497 e. The highest BCUT2D eigenvalue weighted by Crippen LogP contribution is 2.34. The van der Waals surface area contributed by atoms with Crippen LogP contribution in [0.1, 0.15) is 24.1 Å². The van der Waals surface area contributed by atoms with E-state index in [1.54, 1.807) is 25.6 Å². The number of carbonyl (C=O) groups is 1. The Balaban J connectivity index is 1.30. The van der Waals surface area contributed by atoms with E-state index in [9.17, 15) is 4.79 Å². The van der Waals surface area contributed by atoms with Gasteiger partial charge in [-0.15, -0.1) is 0 Å². The maximum Gasteiger partial charge on any atom is 0.225 e. The number of aromatic nitrogens is 3. The number of hydrogen-bond donors (Lipinski definition) is 1. The lowest BCUT2D eigenvalue weighted by Crippen LogP contribution is -2.43. The molecule has 2 aromatic carbocycles. The third kappa shape index (κ3) is 4.81. The van der Waals surface area contributed by atoms with E-state index in [0.717, 1.165) is 63.3 Å². The zero-order chi connectivity index (χ0) is 24.4. The molecule has 1 saturated heterocycles. The van der Waals surface area contributed by atoms with Crippen molar-refractivity contribution in [3.63, 3.8) is 0 Å². The summed E-state index contributed by atoms with van der Waals surface area (Å²) >= 11 is 1.64. The second kappa shape index (κ2) is 9.95. The van der Waals surface area contributed by atoms with Crippen LogP contribution in [0.25, 0.3) is 16.0 Å². The molecule has 0 bridgehead atoms. The monoisotopic (exact) mass is 491 g/mol. The first kappa shape index (κ1) is 23.2. The van der Waals surface area contributed by atoms with Crippen molar-refractivity contribution in [3.05, 3.63) is 59.8 Å². The highest BCUT2D eigenvalue weighted by Gasteiger charge is 2.28. The van der Waals surface area contributed by atoms with Gasteiger partial charge >= 0.3 is 0 Å². The van der Waals surface area contributed by atoms with Crippen molar-refractivity contribution >= 4 is 32.7 Å². The minimum atomic E-state index is -0.0689. The van der Waals surface area contributed by atoms with Crippen molar-refractivity contribution in [2.45, 2.75) is 26.3 Å². The standard InChI is InChI=1S/C26H29N5O3S/c1-17-23-24(31(29-17)20-9-11-21(33-2)12-10-20)28-26(35-23)30-13-5-7-19(16-30)25(32)27-15-18-6-4-8-22(14-18)34-3/h4,6,8-12,14,19H,5,7,13,15-16H2,1-3H3,(H,27,32)/t19-/m0/s1. The van der Waals surface area contributed by atoms with Gasteiger partial charge in [0.15, 0.2) is 10.8 Å². The zero-order valence-corrected chi connectivity index (χ0v) is 21.0. The second-order valence-corrected chi connectivity index (χ2v) is 9.68. The van der Waals surface area contributed by atoms with E-state index in [1.807, 2.05) is 60.1 Å². The summed E-state index contributed by atoms with van der Waals surface area (Å²) in [6.07, 6.45) is 1.83. The number of nitrogens with one attached hydrogen (secondary N) is 1. The Morgan fingerprint density at radius 1 is 1.14 bits per heavy atom. The number of benzene rings is 2. The Labute approximate surface area is 208 Å². The number of nitrogens with zero attached hydrogens (tertiary/aromatic N) is 4. The molecule has 1 fully saturated rings. The maximum absolute atomic E-state index is 13.0. The molecule has 0 unspecified atom stereocenters. The van der Waals surface area contributed by atoms with Gasteiger partial charge in [-0.2, -0.15) is 10.1 Å². The summed E-state index contributed by atoms with van der Waals surface area (Å²) in [4.78, 5) is 20.1. The molecule has 1 atom stereocenters. The molecular formula is C26H29N5O3S. The number of rotatable bonds is 7. The number of methoxy groups -OCH3 is 2. The van der Waals surface area contributed by atoms with Gasteiger partial charge in [0.1, 0.15) is 11.5 Å². The minimum absolute atomic E-state index is 0.0689. The molecule has 2 aromatic heterocycles. The van der Waals surface area contributed by atoms with Gasteiger partial charge in [-0.1, -0.05) is 23.5 Å². The number of ether oxygens (including phenoxy) is 2. The van der Waals surface area contributed by atoms with Gasteiger partial charge in [0.25, 0.3) is 0 Å². The topological polar surface area (TPSA) is 81.5 Å². The van der Waals surface area contributed by atoms with Gasteiger partial charge in [-0.3, -0.25) is 4.79 Å². The van der Waals surface area contributed by atoms with Gasteiger partial charge in [-0.05, 0) is 61.7 Å². The highest BCUT2D eigenvalue weighted by molar-refractivity contribution is 7.22. The Morgan fingerprint density at radius 3 is 2.71 bits per heavy atom. The SMILES string of the molecule is COc1ccc(-n2nc(C)c3sc(N4CCC[C@H](C(=O)NCc5cccc(OC)c5)C4)nc32)cc1. The Kier molecular flexibility index (Phi) is 6.59. The molecule has 1 amide bonds. The molecule has 4 aromatic rings. The Morgan fingerprint density at radius 2 is 1.94 bits per heavy atom. The van der Waals surface area contributed by atoms with E-state index in [0.29, 0.717) is 13.1 Å². The highest BCUT2D eigenvalue weighted by atomic mass is 32.1. The van der Waals surface area contributed by atoms with E-state index < -0.39 is 0 Å². The third-order valence-corrected chi connectivity index (χ3v) is 7.57. The molecule has 3 heterocycles. The predicted molar refractivity (Wildman–Crippen MR) is 138 cm³/mol. The van der Waals surface area contributed by atoms with E-state index in [1.165, 1.54) is 0 Å². The second-order valence-electron chi connectivity index (χ2n) is 8.70. The van der Waals surface area contributed by atoms with Gasteiger partial charge in [-0.25, -0.2) is 4.68 Å². The number of piperidine rings is 1. The summed E-state index contributed by atoms with van der Waals surface area (Å²) < 4.78 is 13.5. The molecule has 8 nitrogen and oxygen atoms in total. The fourth-order valence-electron chi connectivity index (χ4n) is 4.44. The first-order chi connectivity index (χ1) is 17.1. The number of hydrogen-bond acceptors (Lipinski definition) is 7. The molecule has 0 radical (unpaired) electrons. The van der Waals surface area contributed by atoms with Crippen LogP contribution in [0.5, 0.6) is 11.5 Å². The van der Waals surface area contributed by atoms with Crippen LogP contribution in [0.2, 0.25) is 0 Å². The van der Waals surface area contributed by atoms with Crippen LogP contribution in [0.4, 0.5) is 5.13 Å². The van der Waals surface area contributed by atoms with Crippen molar-refractivity contribution < 1.29 is 14.3 Å². The molecule has 5 rings (SSSR count). The number of carbonyl (C=O) groups excluding carboxylic acids is 1. The average molecular weight is 492 g/mol. The van der Waals surface area contributed by atoms with E-state index in [4.69, 9.17) is 19.6 Å². The number of amides is 1. The zero-order valence-electron chi connectivity index (χ0n) is 20.2. The van der Waals surface area contributed by atoms with E-state index >= 15 is 0 Å². The van der Waals surface area contributed by atoms with Crippen molar-refractivity contribution in [2.24, 2.45) is 5.92 Å². The van der Waals surface area contributed by atoms with Crippen LogP contribution in [0.3, 0.4) is 0 Å². The molecule has 1 N–H and O–H groups in total. The number of thiazole rings is 1. The van der Waals surface area contributed by atoms with Crippen molar-refractivity contribution in [2.75, 3.05) is 32.2 Å². The van der Waals surface area contributed by atoms with Crippen LogP contribution in [0, 0.1) is 12.8 Å². The predicted octanol–water partition coefficient (Wildman–Crippen LogP) is 4.34. The van der Waals surface area contributed by atoms with Crippen LogP contribution < -0.4 is 19.7 Å². The lowest BCUT2D eigenvalue weighted by molar-refractivity contribution is -0.125. The van der Waals surface area contributed by atoms with Gasteiger partial charge in [0.2, 0.25) is 5.91 Å². The van der Waals surface area contributed by atoms with Gasteiger partial charge < -0.3 is 19.7 Å². The summed E-state index contributed by atoms with van der Waals surface area (Å²) in [6.45, 7) is 4.06. The summed E-state index contributed by atoms with van der Waals surface area (Å²) in [5.41, 5.74) is 3.76. The Bertz CT molecular complexity index is 1330. The lowest BCUT2D eigenvalue weighted by atomic mass is 9.97. The average Bonchev–Trinajstić information content (AvgIpc) is 3.48. The number of aryl methyl sites for hydroxylation is 1. The molecule has 1 aliphatic heterocycles. The minimum Gasteiger partial charge on any atom is -0.497 e. The fourth-order valence-corrected chi connectivity index (χ4v) is 5.46. The molecule has 0 aliphatic carbocycles. The molecule has 9 heteroatoms. The fraction of sp³-hybridized carbons (Fsp3) is 0.346.